The van der Waals surface area contributed by atoms with Crippen LogP contribution < -0.4 is 0 Å². The van der Waals surface area contributed by atoms with E-state index in [4.69, 9.17) is 0 Å². The van der Waals surface area contributed by atoms with Crippen LogP contribution in [-0.2, 0) is 0 Å². The molecule has 0 radical (unpaired) electrons. The minimum absolute atomic E-state index is 0.221. The molecular weight excluding hydrogens is 350 g/mol. The first-order valence-electron chi connectivity index (χ1n) is 12.9. The lowest BCUT2D eigenvalue weighted by atomic mass is 9.38. The van der Waals surface area contributed by atoms with Gasteiger partial charge >= 0.3 is 0 Å². The van der Waals surface area contributed by atoms with E-state index in [0.717, 1.165) is 17.8 Å². The first-order valence-corrected chi connectivity index (χ1v) is 12.9. The SMILES string of the molecule is CC1=C2CC34CCC5CCCC(C=CC36C=CC3CCCC37CN76)C4(C)C25CC1. The van der Waals surface area contributed by atoms with Crippen molar-refractivity contribution in [2.24, 2.45) is 34.0 Å². The Labute approximate surface area is 176 Å². The minimum Gasteiger partial charge on any atom is -0.281 e. The van der Waals surface area contributed by atoms with Gasteiger partial charge in [0.2, 0.25) is 0 Å². The van der Waals surface area contributed by atoms with Crippen molar-refractivity contribution in [3.8, 4) is 0 Å². The van der Waals surface area contributed by atoms with Crippen molar-refractivity contribution in [3.05, 3.63) is 35.5 Å². The molecule has 8 rings (SSSR count). The second-order valence-corrected chi connectivity index (χ2v) is 12.7. The maximum Gasteiger partial charge on any atom is 0.0647 e. The summed E-state index contributed by atoms with van der Waals surface area (Å²) >= 11 is 0. The van der Waals surface area contributed by atoms with Crippen molar-refractivity contribution in [3.63, 3.8) is 0 Å². The average molecular weight is 388 g/mol. The highest BCUT2D eigenvalue weighted by molar-refractivity contribution is 5.53. The highest BCUT2D eigenvalue weighted by Gasteiger charge is 2.83. The quantitative estimate of drug-likeness (QED) is 0.342. The molecule has 8 aliphatic rings. The molecule has 6 aliphatic carbocycles. The van der Waals surface area contributed by atoms with Crippen LogP contribution in [0.5, 0.6) is 0 Å². The van der Waals surface area contributed by atoms with Gasteiger partial charge in [-0.15, -0.1) is 0 Å². The first-order chi connectivity index (χ1) is 14.0. The van der Waals surface area contributed by atoms with Crippen LogP contribution in [0.1, 0.15) is 84.5 Å². The van der Waals surface area contributed by atoms with E-state index in [0.29, 0.717) is 21.8 Å². The van der Waals surface area contributed by atoms with Gasteiger partial charge in [0.05, 0.1) is 5.54 Å². The molecule has 1 saturated heterocycles. The molecule has 3 spiro atoms. The van der Waals surface area contributed by atoms with Gasteiger partial charge in [0.1, 0.15) is 0 Å². The van der Waals surface area contributed by atoms with Crippen LogP contribution in [0.25, 0.3) is 0 Å². The fraction of sp³-hybridized carbons (Fsp3) is 0.786. The van der Waals surface area contributed by atoms with Gasteiger partial charge in [-0.25, -0.2) is 0 Å². The summed E-state index contributed by atoms with van der Waals surface area (Å²) < 4.78 is 0. The summed E-state index contributed by atoms with van der Waals surface area (Å²) in [6, 6.07) is 0. The summed E-state index contributed by atoms with van der Waals surface area (Å²) in [7, 11) is 0. The zero-order valence-corrected chi connectivity index (χ0v) is 18.5. The van der Waals surface area contributed by atoms with Gasteiger partial charge in [0.25, 0.3) is 0 Å². The summed E-state index contributed by atoms with van der Waals surface area (Å²) in [6.07, 6.45) is 27.1. The Morgan fingerprint density at radius 2 is 1.76 bits per heavy atom. The second-order valence-electron chi connectivity index (χ2n) is 12.7. The van der Waals surface area contributed by atoms with Crippen LogP contribution in [-0.4, -0.2) is 22.5 Å². The normalized spacial score (nSPS) is 62.8. The Hall–Kier alpha value is -0.820. The molecule has 9 unspecified atom stereocenters. The van der Waals surface area contributed by atoms with E-state index in [1.807, 2.05) is 11.1 Å². The van der Waals surface area contributed by atoms with E-state index in [-0.39, 0.29) is 5.54 Å². The largest absolute Gasteiger partial charge is 0.281 e. The molecule has 4 bridgehead atoms. The molecule has 0 amide bonds. The van der Waals surface area contributed by atoms with Crippen LogP contribution >= 0.6 is 0 Å². The van der Waals surface area contributed by atoms with E-state index >= 15 is 0 Å². The molecule has 9 atom stereocenters. The molecule has 154 valence electrons. The molecule has 1 heteroatoms. The summed E-state index contributed by atoms with van der Waals surface area (Å²) in [5.74, 6) is 2.64. The Kier molecular flexibility index (Phi) is 2.71. The average Bonchev–Trinajstić information content (AvgIpc) is 3.17. The van der Waals surface area contributed by atoms with Crippen LogP contribution in [0.3, 0.4) is 0 Å². The van der Waals surface area contributed by atoms with Crippen LogP contribution in [0.15, 0.2) is 35.5 Å². The number of hydrogen-bond donors (Lipinski definition) is 0. The lowest BCUT2D eigenvalue weighted by Crippen LogP contribution is -2.68. The van der Waals surface area contributed by atoms with Gasteiger partial charge in [0, 0.05) is 22.9 Å². The van der Waals surface area contributed by atoms with E-state index in [2.05, 4.69) is 43.1 Å². The van der Waals surface area contributed by atoms with E-state index < -0.39 is 0 Å². The molecule has 4 saturated carbocycles. The highest BCUT2D eigenvalue weighted by atomic mass is 15.4. The molecule has 2 heterocycles. The molecule has 1 nitrogen and oxygen atoms in total. The summed E-state index contributed by atoms with van der Waals surface area (Å²) in [4.78, 5) is 3.06. The van der Waals surface area contributed by atoms with Crippen molar-refractivity contribution < 1.29 is 0 Å². The van der Waals surface area contributed by atoms with Crippen LogP contribution in [0.2, 0.25) is 0 Å². The van der Waals surface area contributed by atoms with Crippen molar-refractivity contribution in [2.75, 3.05) is 6.54 Å². The van der Waals surface area contributed by atoms with Crippen LogP contribution in [0.4, 0.5) is 0 Å². The minimum atomic E-state index is 0.221. The van der Waals surface area contributed by atoms with Crippen molar-refractivity contribution >= 4 is 0 Å². The summed E-state index contributed by atoms with van der Waals surface area (Å²) in [5, 5.41) is 0. The molecule has 0 aromatic heterocycles. The third-order valence-electron chi connectivity index (χ3n) is 12.8. The van der Waals surface area contributed by atoms with Gasteiger partial charge < -0.3 is 0 Å². The van der Waals surface area contributed by atoms with Gasteiger partial charge in [-0.1, -0.05) is 55.2 Å². The Bertz CT molecular complexity index is 925. The predicted molar refractivity (Wildman–Crippen MR) is 117 cm³/mol. The topological polar surface area (TPSA) is 3.01 Å². The van der Waals surface area contributed by atoms with Gasteiger partial charge in [0.15, 0.2) is 0 Å². The molecule has 29 heavy (non-hydrogen) atoms. The first kappa shape index (κ1) is 16.8. The van der Waals surface area contributed by atoms with E-state index in [1.165, 1.54) is 77.2 Å². The van der Waals surface area contributed by atoms with E-state index in [9.17, 15) is 0 Å². The number of hydrogen-bond acceptors (Lipinski definition) is 1. The van der Waals surface area contributed by atoms with Crippen molar-refractivity contribution in [2.45, 2.75) is 95.6 Å². The third kappa shape index (κ3) is 1.39. The Morgan fingerprint density at radius 3 is 2.66 bits per heavy atom. The number of fused-ring (bicyclic) bond motifs is 1. The summed E-state index contributed by atoms with van der Waals surface area (Å²) in [6.45, 7) is 6.73. The fourth-order valence-electron chi connectivity index (χ4n) is 11.7. The predicted octanol–water partition coefficient (Wildman–Crippen LogP) is 6.42. The lowest BCUT2D eigenvalue weighted by molar-refractivity contribution is -0.157. The Morgan fingerprint density at radius 1 is 0.931 bits per heavy atom. The second kappa shape index (κ2) is 4.67. The maximum absolute atomic E-state index is 3.06. The molecule has 0 N–H and O–H groups in total. The van der Waals surface area contributed by atoms with Gasteiger partial charge in [-0.2, -0.15) is 0 Å². The summed E-state index contributed by atoms with van der Waals surface area (Å²) in [5.41, 5.74) is 6.02. The molecular formula is C28H37N. The third-order valence-corrected chi connectivity index (χ3v) is 12.8. The zero-order chi connectivity index (χ0) is 19.3. The standard InChI is InChI=1S/C28H37N/c1-19-8-16-28-22-6-3-5-20-10-14-27(15-11-21-7-4-12-25(21)18-29(25)27)26(13-9-22,17-23(19)28)24(20,28)2/h10-11,14-15,20-22H,3-9,12-13,16-18H2,1-2H3. The molecule has 0 aromatic carbocycles. The number of allylic oxidation sites excluding steroid dienone is 3. The lowest BCUT2D eigenvalue weighted by Gasteiger charge is -2.68. The van der Waals surface area contributed by atoms with Gasteiger partial charge in [-0.05, 0) is 87.9 Å². The smallest absolute Gasteiger partial charge is 0.0647 e. The Balaban J connectivity index is 1.43. The number of rotatable bonds is 0. The van der Waals surface area contributed by atoms with Crippen molar-refractivity contribution in [1.82, 2.24) is 4.90 Å². The maximum atomic E-state index is 3.06. The molecule has 2 aliphatic heterocycles. The van der Waals surface area contributed by atoms with E-state index in [1.54, 1.807) is 0 Å². The van der Waals surface area contributed by atoms with Crippen molar-refractivity contribution in [1.29, 1.82) is 0 Å². The number of nitrogens with zero attached hydrogens (tertiary/aromatic N) is 1. The van der Waals surface area contributed by atoms with Gasteiger partial charge in [-0.3, -0.25) is 4.90 Å². The highest BCUT2D eigenvalue weighted by Crippen LogP contribution is 2.86. The molecule has 5 fully saturated rings. The fourth-order valence-corrected chi connectivity index (χ4v) is 11.7. The zero-order valence-electron chi connectivity index (χ0n) is 18.5. The molecule has 0 aromatic rings. The van der Waals surface area contributed by atoms with Crippen LogP contribution in [0, 0.1) is 34.0 Å². The monoisotopic (exact) mass is 387 g/mol.